The second-order valence-corrected chi connectivity index (χ2v) is 10.3. The molecule has 0 N–H and O–H groups in total. The molecule has 0 saturated heterocycles. The molecule has 0 saturated carbocycles. The second-order valence-electron chi connectivity index (χ2n) is 10.3. The van der Waals surface area contributed by atoms with Crippen LogP contribution in [0, 0.1) is 23.7 Å². The number of hydrogen-bond donors (Lipinski definition) is 0. The Morgan fingerprint density at radius 1 is 0.440 bits per heavy atom. The van der Waals surface area contributed by atoms with E-state index in [4.69, 9.17) is 0 Å². The van der Waals surface area contributed by atoms with Gasteiger partial charge in [-0.1, -0.05) is 130 Å². The highest BCUT2D eigenvalue weighted by atomic mass is 14.2. The van der Waals surface area contributed by atoms with E-state index in [9.17, 15) is 0 Å². The minimum Gasteiger partial charge on any atom is -0.176 e. The molecule has 0 aromatic heterocycles. The van der Waals surface area contributed by atoms with Gasteiger partial charge >= 0.3 is 0 Å². The molecular weight excluding hydrogens is 299 g/mol. The third-order valence-electron chi connectivity index (χ3n) is 6.74. The summed E-state index contributed by atoms with van der Waals surface area (Å²) in [5.74, 6) is 3.67. The lowest BCUT2D eigenvalue weighted by atomic mass is 9.14. The van der Waals surface area contributed by atoms with Gasteiger partial charge in [-0.15, -0.1) is 0 Å². The Labute approximate surface area is 162 Å². The van der Waals surface area contributed by atoms with Crippen molar-refractivity contribution in [3.8, 4) is 0 Å². The molecule has 152 valence electrons. The first-order valence-electron chi connectivity index (χ1n) is 12.0. The van der Waals surface area contributed by atoms with Gasteiger partial charge < -0.3 is 0 Å². The molecular formula is C24H52B-. The molecule has 0 aromatic carbocycles. The molecule has 25 heavy (non-hydrogen) atoms. The van der Waals surface area contributed by atoms with Gasteiger partial charge in [0, 0.05) is 6.15 Å². The van der Waals surface area contributed by atoms with Gasteiger partial charge in [-0.25, -0.2) is 0 Å². The molecule has 0 aliphatic carbocycles. The van der Waals surface area contributed by atoms with Crippen LogP contribution in [0.3, 0.4) is 0 Å². The first-order valence-corrected chi connectivity index (χ1v) is 12.0. The number of hydrogen-bond acceptors (Lipinski definition) is 0. The molecule has 0 rings (SSSR count). The largest absolute Gasteiger partial charge is 0.176 e. The summed E-state index contributed by atoms with van der Waals surface area (Å²) in [5, 5.41) is 0. The van der Waals surface area contributed by atoms with Crippen LogP contribution in [0.15, 0.2) is 0 Å². The first-order chi connectivity index (χ1) is 11.8. The SMILES string of the molecule is CCCC(C)C[B-](CC(C)CCC)(CC(C)CCC)CC(C)CCC. The van der Waals surface area contributed by atoms with Crippen molar-refractivity contribution in [3.63, 3.8) is 0 Å². The zero-order chi connectivity index (χ0) is 19.3. The van der Waals surface area contributed by atoms with E-state index in [1.807, 2.05) is 0 Å². The van der Waals surface area contributed by atoms with Gasteiger partial charge in [0.1, 0.15) is 0 Å². The van der Waals surface area contributed by atoms with Crippen molar-refractivity contribution in [2.24, 2.45) is 23.7 Å². The zero-order valence-corrected chi connectivity index (χ0v) is 19.4. The highest BCUT2D eigenvalue weighted by molar-refractivity contribution is 6.80. The Kier molecular flexibility index (Phi) is 14.2. The van der Waals surface area contributed by atoms with Gasteiger partial charge in [0.15, 0.2) is 0 Å². The van der Waals surface area contributed by atoms with Gasteiger partial charge in [0.05, 0.1) is 0 Å². The van der Waals surface area contributed by atoms with Gasteiger partial charge in [-0.2, -0.15) is 25.3 Å². The summed E-state index contributed by atoms with van der Waals surface area (Å²) in [6.45, 7) is 19.6. The molecule has 0 fully saturated rings. The van der Waals surface area contributed by atoms with E-state index in [-0.39, 0.29) is 6.15 Å². The van der Waals surface area contributed by atoms with Crippen LogP contribution < -0.4 is 0 Å². The van der Waals surface area contributed by atoms with Crippen LogP contribution in [0.1, 0.15) is 107 Å². The van der Waals surface area contributed by atoms with Crippen LogP contribution in [0.25, 0.3) is 0 Å². The van der Waals surface area contributed by atoms with Crippen molar-refractivity contribution in [2.75, 3.05) is 0 Å². The first kappa shape index (κ1) is 25.1. The maximum atomic E-state index is 2.54. The fourth-order valence-electron chi connectivity index (χ4n) is 6.43. The van der Waals surface area contributed by atoms with Crippen LogP contribution >= 0.6 is 0 Å². The van der Waals surface area contributed by atoms with Gasteiger partial charge in [-0.3, -0.25) is 0 Å². The maximum Gasteiger partial charge on any atom is 0.00199 e. The normalized spacial score (nSPS) is 19.2. The minimum absolute atomic E-state index is 0.214. The average Bonchev–Trinajstić information content (AvgIpc) is 2.47. The molecule has 0 aromatic rings. The second kappa shape index (κ2) is 14.2. The summed E-state index contributed by atoms with van der Waals surface area (Å²) >= 11 is 0. The highest BCUT2D eigenvalue weighted by Crippen LogP contribution is 2.41. The Morgan fingerprint density at radius 3 is 0.800 bits per heavy atom. The fourth-order valence-corrected chi connectivity index (χ4v) is 6.43. The molecule has 1 heteroatoms. The van der Waals surface area contributed by atoms with Gasteiger partial charge in [-0.05, 0) is 0 Å². The summed E-state index contributed by atoms with van der Waals surface area (Å²) in [6, 6.07) is 0. The predicted molar refractivity (Wildman–Crippen MR) is 121 cm³/mol. The molecule has 4 unspecified atom stereocenters. The van der Waals surface area contributed by atoms with E-state index in [1.165, 1.54) is 76.6 Å². The lowest BCUT2D eigenvalue weighted by Gasteiger charge is -2.47. The quantitative estimate of drug-likeness (QED) is 0.243. The smallest absolute Gasteiger partial charge is 0.00199 e. The lowest BCUT2D eigenvalue weighted by molar-refractivity contribution is 0.497. The van der Waals surface area contributed by atoms with Crippen molar-refractivity contribution in [3.05, 3.63) is 0 Å². The van der Waals surface area contributed by atoms with Crippen LogP contribution in [0.2, 0.25) is 25.3 Å². The molecule has 0 spiro atoms. The summed E-state index contributed by atoms with van der Waals surface area (Å²) in [6.07, 6.45) is 17.0. The van der Waals surface area contributed by atoms with Crippen LogP contribution in [0.5, 0.6) is 0 Å². The molecule has 0 bridgehead atoms. The average molecular weight is 351 g/mol. The molecule has 0 radical (unpaired) electrons. The highest BCUT2D eigenvalue weighted by Gasteiger charge is 2.30. The van der Waals surface area contributed by atoms with E-state index < -0.39 is 0 Å². The topological polar surface area (TPSA) is 0 Å². The van der Waals surface area contributed by atoms with E-state index in [0.29, 0.717) is 0 Å². The van der Waals surface area contributed by atoms with Crippen molar-refractivity contribution >= 4 is 6.15 Å². The molecule has 0 amide bonds. The zero-order valence-electron chi connectivity index (χ0n) is 19.4. The summed E-state index contributed by atoms with van der Waals surface area (Å²) < 4.78 is 0. The van der Waals surface area contributed by atoms with Crippen molar-refractivity contribution in [1.29, 1.82) is 0 Å². The fraction of sp³-hybridized carbons (Fsp3) is 1.00. The maximum absolute atomic E-state index is 2.54. The van der Waals surface area contributed by atoms with Crippen molar-refractivity contribution in [2.45, 2.75) is 132 Å². The third-order valence-corrected chi connectivity index (χ3v) is 6.74. The summed E-state index contributed by atoms with van der Waals surface area (Å²) in [7, 11) is 0. The van der Waals surface area contributed by atoms with E-state index >= 15 is 0 Å². The van der Waals surface area contributed by atoms with E-state index in [2.05, 4.69) is 55.4 Å². The monoisotopic (exact) mass is 351 g/mol. The van der Waals surface area contributed by atoms with Crippen molar-refractivity contribution in [1.82, 2.24) is 0 Å². The molecule has 0 heterocycles. The Bertz CT molecular complexity index is 237. The molecule has 0 aliphatic heterocycles. The Balaban J connectivity index is 5.39. The molecule has 0 nitrogen and oxygen atoms in total. The van der Waals surface area contributed by atoms with Gasteiger partial charge in [0.2, 0.25) is 0 Å². The van der Waals surface area contributed by atoms with Crippen LogP contribution in [-0.2, 0) is 0 Å². The summed E-state index contributed by atoms with van der Waals surface area (Å²) in [5.41, 5.74) is 0. The van der Waals surface area contributed by atoms with E-state index in [0.717, 1.165) is 23.7 Å². The predicted octanol–water partition coefficient (Wildman–Crippen LogP) is 9.18. The third kappa shape index (κ3) is 11.4. The minimum atomic E-state index is -0.214. The van der Waals surface area contributed by atoms with Crippen LogP contribution in [-0.4, -0.2) is 6.15 Å². The molecule has 4 atom stereocenters. The molecule has 0 aliphatic rings. The number of rotatable bonds is 16. The summed E-state index contributed by atoms with van der Waals surface area (Å²) in [4.78, 5) is 0. The standard InChI is InChI=1S/C24H52B/c1-9-13-21(5)17-25(18-22(6)14-10-2,19-23(7)15-11-3)20-24(8)16-12-4/h21-24H,9-20H2,1-8H3/q-1. The Hall–Kier alpha value is 0.0649. The van der Waals surface area contributed by atoms with Gasteiger partial charge in [0.25, 0.3) is 0 Å². The lowest BCUT2D eigenvalue weighted by Crippen LogP contribution is -2.41. The van der Waals surface area contributed by atoms with Crippen molar-refractivity contribution < 1.29 is 0 Å². The van der Waals surface area contributed by atoms with Crippen LogP contribution in [0.4, 0.5) is 0 Å². The Morgan fingerprint density at radius 2 is 0.640 bits per heavy atom. The van der Waals surface area contributed by atoms with E-state index in [1.54, 1.807) is 0 Å².